The average Bonchev–Trinajstić information content (AvgIpc) is 2.67. The van der Waals surface area contributed by atoms with Crippen LogP contribution in [0.3, 0.4) is 0 Å². The number of aromatic amines is 1. The number of hydrogen-bond donors (Lipinski definition) is 2. The van der Waals surface area contributed by atoms with Gasteiger partial charge >= 0.3 is 11.7 Å². The number of thiophene rings is 1. The number of hydrogen-bond acceptors (Lipinski definition) is 4. The maximum atomic E-state index is 11.5. The predicted molar refractivity (Wildman–Crippen MR) is 66.4 cm³/mol. The van der Waals surface area contributed by atoms with Gasteiger partial charge in [-0.1, -0.05) is 0 Å². The number of carboxylic acids is 1. The smallest absolute Gasteiger partial charge is 0.342 e. The molecule has 0 aliphatic carbocycles. The third-order valence-electron chi connectivity index (χ3n) is 2.36. The van der Waals surface area contributed by atoms with Gasteiger partial charge < -0.3 is 5.11 Å². The van der Waals surface area contributed by atoms with Gasteiger partial charge in [-0.15, -0.1) is 11.3 Å². The number of aromatic nitrogens is 2. The molecule has 2 aromatic heterocycles. The molecule has 2 aromatic rings. The van der Waals surface area contributed by atoms with E-state index in [1.165, 1.54) is 15.9 Å². The van der Waals surface area contributed by atoms with Crippen LogP contribution in [0.2, 0.25) is 0 Å². The second-order valence-corrected chi connectivity index (χ2v) is 5.12. The normalized spacial score (nSPS) is 10.5. The van der Waals surface area contributed by atoms with Crippen LogP contribution < -0.4 is 11.2 Å². The second-order valence-electron chi connectivity index (χ2n) is 3.75. The highest BCUT2D eigenvalue weighted by molar-refractivity contribution is 7.11. The average molecular weight is 266 g/mol. The molecule has 0 bridgehead atoms. The molecule has 7 heteroatoms. The number of rotatable bonds is 3. The molecule has 0 saturated heterocycles. The molecule has 0 amide bonds. The van der Waals surface area contributed by atoms with Gasteiger partial charge in [0.1, 0.15) is 5.56 Å². The third-order valence-corrected chi connectivity index (χ3v) is 3.35. The minimum Gasteiger partial charge on any atom is -0.477 e. The van der Waals surface area contributed by atoms with E-state index in [1.807, 2.05) is 24.0 Å². The zero-order valence-corrected chi connectivity index (χ0v) is 10.3. The van der Waals surface area contributed by atoms with Crippen molar-refractivity contribution in [3.8, 4) is 0 Å². The Morgan fingerprint density at radius 1 is 1.44 bits per heavy atom. The highest BCUT2D eigenvalue weighted by Gasteiger charge is 2.11. The number of nitrogens with zero attached hydrogens (tertiary/aromatic N) is 1. The molecule has 0 unspecified atom stereocenters. The number of nitrogens with one attached hydrogen (secondary N) is 1. The van der Waals surface area contributed by atoms with Gasteiger partial charge in [0.2, 0.25) is 0 Å². The van der Waals surface area contributed by atoms with Crippen molar-refractivity contribution in [2.24, 2.45) is 0 Å². The van der Waals surface area contributed by atoms with Crippen LogP contribution in [0.25, 0.3) is 0 Å². The molecular formula is C11H10N2O4S. The van der Waals surface area contributed by atoms with Gasteiger partial charge in [-0.2, -0.15) is 0 Å². The monoisotopic (exact) mass is 266 g/mol. The van der Waals surface area contributed by atoms with Gasteiger partial charge in [-0.05, 0) is 19.1 Å². The van der Waals surface area contributed by atoms with Crippen LogP contribution in [0.4, 0.5) is 0 Å². The Kier molecular flexibility index (Phi) is 3.15. The lowest BCUT2D eigenvalue weighted by atomic mass is 10.3. The minimum atomic E-state index is -1.35. The molecule has 0 fully saturated rings. The van der Waals surface area contributed by atoms with E-state index >= 15 is 0 Å². The van der Waals surface area contributed by atoms with E-state index in [9.17, 15) is 14.4 Å². The summed E-state index contributed by atoms with van der Waals surface area (Å²) >= 11 is 1.51. The summed E-state index contributed by atoms with van der Waals surface area (Å²) in [5, 5.41) is 8.82. The standard InChI is InChI=1S/C11H10N2O4S/c1-6-2-3-7(18-6)4-13-5-8(10(15)16)9(14)12-11(13)17/h2-3,5H,4H2,1H3,(H,15,16)(H,12,14,17). The fraction of sp³-hybridized carbons (Fsp3) is 0.182. The zero-order valence-electron chi connectivity index (χ0n) is 9.47. The fourth-order valence-electron chi connectivity index (χ4n) is 1.52. The van der Waals surface area contributed by atoms with Crippen molar-refractivity contribution in [3.63, 3.8) is 0 Å². The van der Waals surface area contributed by atoms with Crippen molar-refractivity contribution < 1.29 is 9.90 Å². The highest BCUT2D eigenvalue weighted by atomic mass is 32.1. The highest BCUT2D eigenvalue weighted by Crippen LogP contribution is 2.15. The van der Waals surface area contributed by atoms with Gasteiger partial charge in [-0.25, -0.2) is 9.59 Å². The summed E-state index contributed by atoms with van der Waals surface area (Å²) in [6.07, 6.45) is 1.07. The number of carboxylic acid groups (broad SMARTS) is 1. The first kappa shape index (κ1) is 12.3. The topological polar surface area (TPSA) is 92.2 Å². The fourth-order valence-corrected chi connectivity index (χ4v) is 2.41. The second kappa shape index (κ2) is 4.61. The molecule has 2 heterocycles. The number of H-pyrrole nitrogens is 1. The van der Waals surface area contributed by atoms with Crippen molar-refractivity contribution in [1.29, 1.82) is 0 Å². The van der Waals surface area contributed by atoms with Gasteiger partial charge in [0.15, 0.2) is 0 Å². The Balaban J connectivity index is 2.45. The maximum absolute atomic E-state index is 11.5. The maximum Gasteiger partial charge on any atom is 0.342 e. The molecule has 0 spiro atoms. The van der Waals surface area contributed by atoms with Crippen LogP contribution in [-0.2, 0) is 6.54 Å². The van der Waals surface area contributed by atoms with Crippen molar-refractivity contribution in [3.05, 3.63) is 54.5 Å². The van der Waals surface area contributed by atoms with Crippen molar-refractivity contribution in [2.45, 2.75) is 13.5 Å². The zero-order chi connectivity index (χ0) is 13.3. The summed E-state index contributed by atoms with van der Waals surface area (Å²) in [6.45, 7) is 2.18. The van der Waals surface area contributed by atoms with Crippen LogP contribution in [0.1, 0.15) is 20.1 Å². The lowest BCUT2D eigenvalue weighted by molar-refractivity contribution is 0.0693. The Morgan fingerprint density at radius 2 is 2.17 bits per heavy atom. The van der Waals surface area contributed by atoms with E-state index in [-0.39, 0.29) is 6.54 Å². The molecule has 6 nitrogen and oxygen atoms in total. The summed E-state index contributed by atoms with van der Waals surface area (Å²) < 4.78 is 1.18. The van der Waals surface area contributed by atoms with Crippen LogP contribution in [-0.4, -0.2) is 20.6 Å². The third kappa shape index (κ3) is 2.40. The molecule has 0 aliphatic rings. The Hall–Kier alpha value is -2.15. The number of aromatic carboxylic acids is 1. The Morgan fingerprint density at radius 3 is 2.72 bits per heavy atom. The van der Waals surface area contributed by atoms with E-state index < -0.39 is 22.8 Å². The summed E-state index contributed by atoms with van der Waals surface area (Å²) in [5.74, 6) is -1.35. The molecule has 94 valence electrons. The molecule has 0 saturated carbocycles. The predicted octanol–water partition coefficient (Wildman–Crippen LogP) is 0.653. The Bertz CT molecular complexity index is 710. The van der Waals surface area contributed by atoms with Crippen LogP contribution in [0.15, 0.2) is 27.9 Å². The van der Waals surface area contributed by atoms with Crippen molar-refractivity contribution >= 4 is 17.3 Å². The molecule has 18 heavy (non-hydrogen) atoms. The molecule has 0 radical (unpaired) electrons. The summed E-state index contributed by atoms with van der Waals surface area (Å²) in [6, 6.07) is 3.77. The molecule has 2 N–H and O–H groups in total. The lowest BCUT2D eigenvalue weighted by Gasteiger charge is -2.03. The van der Waals surface area contributed by atoms with E-state index in [4.69, 9.17) is 5.11 Å². The lowest BCUT2D eigenvalue weighted by Crippen LogP contribution is -2.33. The summed E-state index contributed by atoms with van der Waals surface area (Å²) in [7, 11) is 0. The van der Waals surface area contributed by atoms with Gasteiger partial charge in [-0.3, -0.25) is 14.3 Å². The van der Waals surface area contributed by atoms with Crippen molar-refractivity contribution in [2.75, 3.05) is 0 Å². The van der Waals surface area contributed by atoms with E-state index in [0.717, 1.165) is 16.0 Å². The van der Waals surface area contributed by atoms with E-state index in [1.54, 1.807) is 0 Å². The first-order valence-corrected chi connectivity index (χ1v) is 5.91. The molecule has 0 aromatic carbocycles. The van der Waals surface area contributed by atoms with Crippen LogP contribution >= 0.6 is 11.3 Å². The molecule has 2 rings (SSSR count). The van der Waals surface area contributed by atoms with Gasteiger partial charge in [0.25, 0.3) is 5.56 Å². The molecule has 0 aliphatic heterocycles. The van der Waals surface area contributed by atoms with E-state index in [2.05, 4.69) is 0 Å². The van der Waals surface area contributed by atoms with Crippen LogP contribution in [0.5, 0.6) is 0 Å². The largest absolute Gasteiger partial charge is 0.477 e. The Labute approximate surface area is 105 Å². The SMILES string of the molecule is Cc1ccc(Cn2cc(C(=O)O)c(=O)[nH]c2=O)s1. The van der Waals surface area contributed by atoms with Gasteiger partial charge in [0.05, 0.1) is 6.54 Å². The number of carbonyl (C=O) groups is 1. The van der Waals surface area contributed by atoms with E-state index in [0.29, 0.717) is 0 Å². The molecular weight excluding hydrogens is 256 g/mol. The minimum absolute atomic E-state index is 0.244. The van der Waals surface area contributed by atoms with Crippen molar-refractivity contribution in [1.82, 2.24) is 9.55 Å². The van der Waals surface area contributed by atoms with Crippen LogP contribution in [0, 0.1) is 6.92 Å². The first-order chi connectivity index (χ1) is 8.47. The molecule has 0 atom stereocenters. The quantitative estimate of drug-likeness (QED) is 0.853. The number of aryl methyl sites for hydroxylation is 1. The summed E-state index contributed by atoms with van der Waals surface area (Å²) in [4.78, 5) is 37.6. The first-order valence-electron chi connectivity index (χ1n) is 5.10. The summed E-state index contributed by atoms with van der Waals surface area (Å²) in [5.41, 5.74) is -1.94. The van der Waals surface area contributed by atoms with Gasteiger partial charge in [0, 0.05) is 16.0 Å².